The molecule has 0 fully saturated rings. The Bertz CT molecular complexity index is 1270. The van der Waals surface area contributed by atoms with Gasteiger partial charge in [0.1, 0.15) is 5.69 Å². The maximum absolute atomic E-state index is 13.8. The second-order valence-electron chi connectivity index (χ2n) is 6.44. The van der Waals surface area contributed by atoms with Crippen LogP contribution in [0.2, 0.25) is 0 Å². The van der Waals surface area contributed by atoms with E-state index in [1.165, 1.54) is 24.3 Å². The van der Waals surface area contributed by atoms with Gasteiger partial charge in [0.05, 0.1) is 4.90 Å². The highest BCUT2D eigenvalue weighted by Crippen LogP contribution is 2.33. The normalized spacial score (nSPS) is 11.4. The van der Waals surface area contributed by atoms with Crippen molar-refractivity contribution in [3.63, 3.8) is 0 Å². The van der Waals surface area contributed by atoms with Crippen molar-refractivity contribution in [1.82, 2.24) is 4.98 Å². The van der Waals surface area contributed by atoms with E-state index < -0.39 is 15.8 Å². The second kappa shape index (κ2) is 8.10. The first-order valence-corrected chi connectivity index (χ1v) is 10.5. The number of hydrogen-bond donors (Lipinski definition) is 1. The van der Waals surface area contributed by atoms with E-state index in [4.69, 9.17) is 14.3 Å². The lowest BCUT2D eigenvalue weighted by atomic mass is 10.1. The van der Waals surface area contributed by atoms with Gasteiger partial charge in [-0.3, -0.25) is 0 Å². The topological polar surface area (TPSA) is 95.4 Å². The molecular formula is C22H17FN2O4S. The van der Waals surface area contributed by atoms with E-state index in [1.54, 1.807) is 24.3 Å². The summed E-state index contributed by atoms with van der Waals surface area (Å²) in [5.41, 5.74) is 1.99. The monoisotopic (exact) mass is 424 g/mol. The number of nitrogens with two attached hydrogens (primary N) is 1. The number of halogens is 1. The average Bonchev–Trinajstić information content (AvgIpc) is 3.18. The van der Waals surface area contributed by atoms with E-state index >= 15 is 0 Å². The van der Waals surface area contributed by atoms with Crippen LogP contribution in [0.25, 0.3) is 22.6 Å². The SMILES string of the molecule is NS(=O)(=O)c1ccc(-c2oc(COc3ccccc3F)nc2-c2ccccc2)cc1. The van der Waals surface area contributed by atoms with Crippen LogP contribution in [0.5, 0.6) is 5.75 Å². The van der Waals surface area contributed by atoms with Gasteiger partial charge in [-0.25, -0.2) is 22.9 Å². The van der Waals surface area contributed by atoms with Crippen LogP contribution >= 0.6 is 0 Å². The zero-order valence-corrected chi connectivity index (χ0v) is 16.5. The third-order valence-electron chi connectivity index (χ3n) is 4.35. The molecule has 0 bridgehead atoms. The summed E-state index contributed by atoms with van der Waals surface area (Å²) in [5, 5.41) is 5.17. The zero-order chi connectivity index (χ0) is 21.1. The molecule has 0 amide bonds. The Morgan fingerprint density at radius 3 is 2.23 bits per heavy atom. The summed E-state index contributed by atoms with van der Waals surface area (Å²) in [6.07, 6.45) is 0. The molecule has 0 saturated carbocycles. The first kappa shape index (κ1) is 19.8. The minimum atomic E-state index is -3.80. The van der Waals surface area contributed by atoms with Crippen LogP contribution in [0.3, 0.4) is 0 Å². The quantitative estimate of drug-likeness (QED) is 0.496. The van der Waals surface area contributed by atoms with Gasteiger partial charge in [0, 0.05) is 11.1 Å². The highest BCUT2D eigenvalue weighted by molar-refractivity contribution is 7.89. The minimum Gasteiger partial charge on any atom is -0.481 e. The van der Waals surface area contributed by atoms with E-state index in [1.807, 2.05) is 30.3 Å². The highest BCUT2D eigenvalue weighted by Gasteiger charge is 2.18. The minimum absolute atomic E-state index is 0.00450. The fourth-order valence-corrected chi connectivity index (χ4v) is 3.43. The zero-order valence-electron chi connectivity index (χ0n) is 15.7. The third kappa shape index (κ3) is 4.24. The molecule has 8 heteroatoms. The van der Waals surface area contributed by atoms with Gasteiger partial charge in [0.25, 0.3) is 0 Å². The average molecular weight is 424 g/mol. The summed E-state index contributed by atoms with van der Waals surface area (Å²) in [5.74, 6) is 0.305. The van der Waals surface area contributed by atoms with Crippen LogP contribution in [0.1, 0.15) is 5.89 Å². The fraction of sp³-hybridized carbons (Fsp3) is 0.0455. The largest absolute Gasteiger partial charge is 0.481 e. The molecule has 1 aromatic heterocycles. The Kier molecular flexibility index (Phi) is 5.35. The van der Waals surface area contributed by atoms with E-state index in [2.05, 4.69) is 4.98 Å². The van der Waals surface area contributed by atoms with Gasteiger partial charge in [-0.2, -0.15) is 0 Å². The first-order valence-electron chi connectivity index (χ1n) is 8.97. The predicted octanol–water partition coefficient (Wildman–Crippen LogP) is 4.37. The fourth-order valence-electron chi connectivity index (χ4n) is 2.91. The lowest BCUT2D eigenvalue weighted by Crippen LogP contribution is -2.11. The smallest absolute Gasteiger partial charge is 0.238 e. The number of rotatable bonds is 6. The first-order chi connectivity index (χ1) is 14.4. The lowest BCUT2D eigenvalue weighted by molar-refractivity contribution is 0.253. The molecule has 30 heavy (non-hydrogen) atoms. The van der Waals surface area contributed by atoms with Crippen molar-refractivity contribution in [3.05, 3.63) is 90.6 Å². The Balaban J connectivity index is 1.70. The number of para-hydroxylation sites is 1. The molecule has 152 valence electrons. The number of aromatic nitrogens is 1. The summed E-state index contributed by atoms with van der Waals surface area (Å²) in [4.78, 5) is 4.51. The summed E-state index contributed by atoms with van der Waals surface area (Å²) < 4.78 is 48.2. The lowest BCUT2D eigenvalue weighted by Gasteiger charge is -2.04. The predicted molar refractivity (Wildman–Crippen MR) is 109 cm³/mol. The Hall–Kier alpha value is -3.49. The van der Waals surface area contributed by atoms with Crippen molar-refractivity contribution in [2.24, 2.45) is 5.14 Å². The van der Waals surface area contributed by atoms with Gasteiger partial charge in [-0.1, -0.05) is 42.5 Å². The van der Waals surface area contributed by atoms with Crippen molar-refractivity contribution >= 4 is 10.0 Å². The standard InChI is InChI=1S/C22H17FN2O4S/c23-18-8-4-5-9-19(18)28-14-20-25-21(15-6-2-1-3-7-15)22(29-20)16-10-12-17(13-11-16)30(24,26)27/h1-13H,14H2,(H2,24,26,27). The highest BCUT2D eigenvalue weighted by atomic mass is 32.2. The Morgan fingerprint density at radius 2 is 1.57 bits per heavy atom. The molecule has 0 unspecified atom stereocenters. The van der Waals surface area contributed by atoms with Crippen molar-refractivity contribution in [2.45, 2.75) is 11.5 Å². The molecule has 0 radical (unpaired) electrons. The number of nitrogens with zero attached hydrogens (tertiary/aromatic N) is 1. The van der Waals surface area contributed by atoms with Gasteiger partial charge in [-0.05, 0) is 36.4 Å². The molecule has 0 saturated heterocycles. The van der Waals surface area contributed by atoms with Crippen LogP contribution in [-0.4, -0.2) is 13.4 Å². The number of benzene rings is 3. The third-order valence-corrected chi connectivity index (χ3v) is 5.28. The van der Waals surface area contributed by atoms with Crippen molar-refractivity contribution < 1.29 is 22.0 Å². The molecule has 4 rings (SSSR count). The molecule has 1 heterocycles. The van der Waals surface area contributed by atoms with E-state index in [9.17, 15) is 12.8 Å². The maximum atomic E-state index is 13.8. The molecule has 0 spiro atoms. The molecular weight excluding hydrogens is 407 g/mol. The Labute approximate surface area is 172 Å². The molecule has 3 aromatic carbocycles. The van der Waals surface area contributed by atoms with E-state index in [0.29, 0.717) is 17.0 Å². The van der Waals surface area contributed by atoms with Crippen molar-refractivity contribution in [2.75, 3.05) is 0 Å². The number of oxazole rings is 1. The second-order valence-corrected chi connectivity index (χ2v) is 8.00. The van der Waals surface area contributed by atoms with Gasteiger partial charge in [0.2, 0.25) is 15.9 Å². The van der Waals surface area contributed by atoms with Crippen LogP contribution in [0.15, 0.2) is 88.2 Å². The van der Waals surface area contributed by atoms with Crippen LogP contribution in [0.4, 0.5) is 4.39 Å². The van der Waals surface area contributed by atoms with Crippen molar-refractivity contribution in [1.29, 1.82) is 0 Å². The van der Waals surface area contributed by atoms with Gasteiger partial charge >= 0.3 is 0 Å². The number of ether oxygens (including phenoxy) is 1. The molecule has 2 N–H and O–H groups in total. The number of sulfonamides is 1. The number of primary sulfonamides is 1. The van der Waals surface area contributed by atoms with Crippen LogP contribution in [0, 0.1) is 5.82 Å². The Morgan fingerprint density at radius 1 is 0.900 bits per heavy atom. The summed E-state index contributed by atoms with van der Waals surface area (Å²) in [6.45, 7) is -0.0734. The van der Waals surface area contributed by atoms with E-state index in [-0.39, 0.29) is 23.1 Å². The summed E-state index contributed by atoms with van der Waals surface area (Å²) >= 11 is 0. The molecule has 0 aliphatic carbocycles. The summed E-state index contributed by atoms with van der Waals surface area (Å²) in [6, 6.07) is 21.4. The molecule has 6 nitrogen and oxygen atoms in total. The van der Waals surface area contributed by atoms with E-state index in [0.717, 1.165) is 5.56 Å². The molecule has 0 aliphatic rings. The molecule has 4 aromatic rings. The summed E-state index contributed by atoms with van der Waals surface area (Å²) in [7, 11) is -3.80. The van der Waals surface area contributed by atoms with Crippen molar-refractivity contribution in [3.8, 4) is 28.3 Å². The molecule has 0 atom stereocenters. The molecule has 0 aliphatic heterocycles. The van der Waals surface area contributed by atoms with Gasteiger partial charge < -0.3 is 9.15 Å². The maximum Gasteiger partial charge on any atom is 0.238 e. The van der Waals surface area contributed by atoms with Gasteiger partial charge in [-0.15, -0.1) is 0 Å². The van der Waals surface area contributed by atoms with Gasteiger partial charge in [0.15, 0.2) is 23.9 Å². The number of hydrogen-bond acceptors (Lipinski definition) is 5. The van der Waals surface area contributed by atoms with Crippen LogP contribution in [-0.2, 0) is 16.6 Å². The van der Waals surface area contributed by atoms with Crippen LogP contribution < -0.4 is 9.88 Å².